The third-order valence-electron chi connectivity index (χ3n) is 6.35. The van der Waals surface area contributed by atoms with Crippen LogP contribution in [0.1, 0.15) is 41.1 Å². The SMILES string of the molecule is O=C(NCC(=O)N1CCC(N2CCC(c3ccccc3)CC2)C1)c1ccccc1Cl. The summed E-state index contributed by atoms with van der Waals surface area (Å²) in [6.07, 6.45) is 3.34. The summed E-state index contributed by atoms with van der Waals surface area (Å²) >= 11 is 6.05. The zero-order chi connectivity index (χ0) is 20.9. The Morgan fingerprint density at radius 1 is 0.933 bits per heavy atom. The van der Waals surface area contributed by atoms with Crippen LogP contribution in [0.25, 0.3) is 0 Å². The van der Waals surface area contributed by atoms with Gasteiger partial charge in [0.1, 0.15) is 0 Å². The Balaban J connectivity index is 1.23. The van der Waals surface area contributed by atoms with Gasteiger partial charge >= 0.3 is 0 Å². The van der Waals surface area contributed by atoms with Gasteiger partial charge in [-0.3, -0.25) is 14.5 Å². The summed E-state index contributed by atoms with van der Waals surface area (Å²) in [6, 6.07) is 18.0. The fourth-order valence-electron chi connectivity index (χ4n) is 4.60. The van der Waals surface area contributed by atoms with Crippen molar-refractivity contribution < 1.29 is 9.59 Å². The number of rotatable bonds is 5. The van der Waals surface area contributed by atoms with Gasteiger partial charge in [0.2, 0.25) is 5.91 Å². The number of likely N-dealkylation sites (tertiary alicyclic amines) is 2. The number of amides is 2. The van der Waals surface area contributed by atoms with Crippen molar-refractivity contribution in [3.63, 3.8) is 0 Å². The Hall–Kier alpha value is -2.37. The van der Waals surface area contributed by atoms with Crippen molar-refractivity contribution in [1.29, 1.82) is 0 Å². The monoisotopic (exact) mass is 425 g/mol. The second-order valence-electron chi connectivity index (χ2n) is 8.17. The number of hydrogen-bond acceptors (Lipinski definition) is 3. The van der Waals surface area contributed by atoms with E-state index in [0.717, 1.165) is 32.6 Å². The molecule has 6 heteroatoms. The molecule has 2 fully saturated rings. The Kier molecular flexibility index (Phi) is 6.70. The molecule has 2 saturated heterocycles. The number of nitrogens with one attached hydrogen (secondary N) is 1. The fourth-order valence-corrected chi connectivity index (χ4v) is 4.82. The molecule has 5 nitrogen and oxygen atoms in total. The summed E-state index contributed by atoms with van der Waals surface area (Å²) in [7, 11) is 0. The molecule has 30 heavy (non-hydrogen) atoms. The molecule has 0 aliphatic carbocycles. The molecule has 2 aliphatic rings. The maximum Gasteiger partial charge on any atom is 0.253 e. The zero-order valence-electron chi connectivity index (χ0n) is 17.1. The molecule has 158 valence electrons. The number of nitrogens with zero attached hydrogens (tertiary/aromatic N) is 2. The number of carbonyl (C=O) groups is 2. The standard InChI is InChI=1S/C24H28ClN3O2/c25-22-9-5-4-8-21(22)24(30)26-16-23(29)28-15-12-20(17-28)27-13-10-19(11-14-27)18-6-2-1-3-7-18/h1-9,19-20H,10-17H2,(H,26,30). The van der Waals surface area contributed by atoms with Gasteiger partial charge in [0, 0.05) is 19.1 Å². The minimum atomic E-state index is -0.312. The van der Waals surface area contributed by atoms with Gasteiger partial charge in [0.15, 0.2) is 0 Å². The lowest BCUT2D eigenvalue weighted by Gasteiger charge is -2.36. The van der Waals surface area contributed by atoms with Crippen LogP contribution in [-0.2, 0) is 4.79 Å². The molecule has 4 rings (SSSR count). The van der Waals surface area contributed by atoms with E-state index in [0.29, 0.717) is 22.5 Å². The molecule has 2 aromatic rings. The normalized spacial score (nSPS) is 20.3. The molecule has 2 amide bonds. The molecule has 0 saturated carbocycles. The minimum Gasteiger partial charge on any atom is -0.343 e. The Bertz CT molecular complexity index is 881. The largest absolute Gasteiger partial charge is 0.343 e. The fraction of sp³-hybridized carbons (Fsp3) is 0.417. The van der Waals surface area contributed by atoms with Crippen molar-refractivity contribution >= 4 is 23.4 Å². The summed E-state index contributed by atoms with van der Waals surface area (Å²) in [5, 5.41) is 3.10. The quantitative estimate of drug-likeness (QED) is 0.797. The first-order valence-electron chi connectivity index (χ1n) is 10.7. The number of halogens is 1. The topological polar surface area (TPSA) is 52.7 Å². The van der Waals surface area contributed by atoms with E-state index in [4.69, 9.17) is 11.6 Å². The van der Waals surface area contributed by atoms with Gasteiger partial charge in [0.05, 0.1) is 17.1 Å². The Morgan fingerprint density at radius 2 is 1.63 bits per heavy atom. The van der Waals surface area contributed by atoms with Gasteiger partial charge in [-0.2, -0.15) is 0 Å². The average Bonchev–Trinajstić information content (AvgIpc) is 3.29. The van der Waals surface area contributed by atoms with Crippen LogP contribution in [0.15, 0.2) is 54.6 Å². The second kappa shape index (κ2) is 9.63. The van der Waals surface area contributed by atoms with E-state index in [1.807, 2.05) is 4.90 Å². The Labute approximate surface area is 183 Å². The van der Waals surface area contributed by atoms with Crippen LogP contribution in [0, 0.1) is 0 Å². The van der Waals surface area contributed by atoms with E-state index in [9.17, 15) is 9.59 Å². The van der Waals surface area contributed by atoms with E-state index in [2.05, 4.69) is 40.5 Å². The third kappa shape index (κ3) is 4.85. The van der Waals surface area contributed by atoms with Crippen molar-refractivity contribution in [3.05, 3.63) is 70.7 Å². The maximum absolute atomic E-state index is 12.6. The van der Waals surface area contributed by atoms with Gasteiger partial charge in [-0.25, -0.2) is 0 Å². The lowest BCUT2D eigenvalue weighted by atomic mass is 9.89. The molecule has 0 bridgehead atoms. The molecule has 1 unspecified atom stereocenters. The summed E-state index contributed by atoms with van der Waals surface area (Å²) in [6.45, 7) is 3.67. The van der Waals surface area contributed by atoms with Crippen LogP contribution in [-0.4, -0.2) is 60.4 Å². The maximum atomic E-state index is 12.6. The Morgan fingerprint density at radius 3 is 2.37 bits per heavy atom. The van der Waals surface area contributed by atoms with Crippen molar-refractivity contribution in [2.45, 2.75) is 31.2 Å². The smallest absolute Gasteiger partial charge is 0.253 e. The highest BCUT2D eigenvalue weighted by atomic mass is 35.5. The highest BCUT2D eigenvalue weighted by Gasteiger charge is 2.32. The van der Waals surface area contributed by atoms with E-state index in [1.165, 1.54) is 18.4 Å². The van der Waals surface area contributed by atoms with Gasteiger partial charge in [-0.15, -0.1) is 0 Å². The molecule has 2 aliphatic heterocycles. The predicted molar refractivity (Wildman–Crippen MR) is 119 cm³/mol. The van der Waals surface area contributed by atoms with E-state index in [1.54, 1.807) is 24.3 Å². The van der Waals surface area contributed by atoms with Crippen molar-refractivity contribution in [2.75, 3.05) is 32.7 Å². The summed E-state index contributed by atoms with van der Waals surface area (Å²) in [5.41, 5.74) is 1.84. The lowest BCUT2D eigenvalue weighted by molar-refractivity contribution is -0.129. The van der Waals surface area contributed by atoms with Crippen LogP contribution < -0.4 is 5.32 Å². The zero-order valence-corrected chi connectivity index (χ0v) is 17.9. The van der Waals surface area contributed by atoms with Crippen molar-refractivity contribution in [1.82, 2.24) is 15.1 Å². The first-order chi connectivity index (χ1) is 14.6. The van der Waals surface area contributed by atoms with E-state index < -0.39 is 0 Å². The van der Waals surface area contributed by atoms with Gasteiger partial charge in [-0.1, -0.05) is 54.1 Å². The molecule has 1 N–H and O–H groups in total. The molecule has 2 aromatic carbocycles. The highest BCUT2D eigenvalue weighted by molar-refractivity contribution is 6.33. The van der Waals surface area contributed by atoms with Crippen LogP contribution in [0.4, 0.5) is 0 Å². The molecule has 0 aromatic heterocycles. The first kappa shape index (κ1) is 20.9. The number of hydrogen-bond donors (Lipinski definition) is 1. The number of benzene rings is 2. The molecular weight excluding hydrogens is 398 g/mol. The van der Waals surface area contributed by atoms with E-state index >= 15 is 0 Å². The van der Waals surface area contributed by atoms with Gasteiger partial charge in [0.25, 0.3) is 5.91 Å². The first-order valence-corrected chi connectivity index (χ1v) is 11.1. The predicted octanol–water partition coefficient (Wildman–Crippen LogP) is 3.55. The lowest BCUT2D eigenvalue weighted by Crippen LogP contribution is -2.44. The van der Waals surface area contributed by atoms with Gasteiger partial charge in [-0.05, 0) is 56.0 Å². The molecule has 0 spiro atoms. The second-order valence-corrected chi connectivity index (χ2v) is 8.57. The number of carbonyl (C=O) groups excluding carboxylic acids is 2. The van der Waals surface area contributed by atoms with Crippen LogP contribution in [0.2, 0.25) is 5.02 Å². The summed E-state index contributed by atoms with van der Waals surface area (Å²) in [5.74, 6) is 0.298. The highest BCUT2D eigenvalue weighted by Crippen LogP contribution is 2.30. The van der Waals surface area contributed by atoms with Crippen LogP contribution in [0.3, 0.4) is 0 Å². The third-order valence-corrected chi connectivity index (χ3v) is 6.68. The average molecular weight is 426 g/mol. The molecular formula is C24H28ClN3O2. The van der Waals surface area contributed by atoms with Gasteiger partial charge < -0.3 is 10.2 Å². The van der Waals surface area contributed by atoms with E-state index in [-0.39, 0.29) is 18.4 Å². The van der Waals surface area contributed by atoms with Crippen molar-refractivity contribution in [3.8, 4) is 0 Å². The minimum absolute atomic E-state index is 0.00680. The summed E-state index contributed by atoms with van der Waals surface area (Å²) in [4.78, 5) is 29.3. The van der Waals surface area contributed by atoms with Crippen molar-refractivity contribution in [2.24, 2.45) is 0 Å². The number of piperidine rings is 1. The molecule has 0 radical (unpaired) electrons. The van der Waals surface area contributed by atoms with Crippen LogP contribution >= 0.6 is 11.6 Å². The molecule has 1 atom stereocenters. The molecule has 2 heterocycles. The summed E-state index contributed by atoms with van der Waals surface area (Å²) < 4.78 is 0. The van der Waals surface area contributed by atoms with Crippen LogP contribution in [0.5, 0.6) is 0 Å².